The molecule has 1 fully saturated rings. The maximum absolute atomic E-state index is 13.2. The third kappa shape index (κ3) is 17.7. The maximum atomic E-state index is 13.2. The standard InChI is InChI=1S/C44H58N6O18S2/c1-8-9-15-46-33-20-30(21-34(70(45,58)59)38(33)68-31-13-11-10-12-14-31)43(57)64-25-36(53)65-28(3)42(56)66-27(2)41(55)63-26-37(54)67-32(22-50(44(5,6)7)35(52)24-61-29(4)51)23-62-40-39(47-69-48-40)49-16-18-60-19-17-49/h10-14,20-21,27-28,32,46H,8-9,15-19,22-26H2,1-7H3,(H2,45,58,59)/t27?,28?,32-/m0/s1. The lowest BCUT2D eigenvalue weighted by Gasteiger charge is -2.37. The first-order valence-corrected chi connectivity index (χ1v) is 24.2. The molecule has 1 amide bonds. The van der Waals surface area contributed by atoms with Crippen LogP contribution in [0.1, 0.15) is 71.7 Å². The number of anilines is 2. The number of esters is 6. The Morgan fingerprint density at radius 3 is 2.19 bits per heavy atom. The number of sulfonamides is 1. The fraction of sp³-hybridized carbons (Fsp3) is 0.523. The normalized spacial score (nSPS) is 13.9. The predicted octanol–water partition coefficient (Wildman–Crippen LogP) is 2.77. The molecule has 1 aliphatic rings. The SMILES string of the molecule is CCCCNc1cc(C(=O)OCC(=O)OC(C)C(=O)OC(C)C(=O)OCC(=O)O[C@H](COc2nsnc2N2CCOCC2)CN(C(=O)COC(C)=O)C(C)(C)C)cc(S(N)(=O)=O)c1Oc1ccccc1. The van der Waals surface area contributed by atoms with E-state index < -0.39 is 100 Å². The van der Waals surface area contributed by atoms with Crippen molar-refractivity contribution in [2.75, 3.05) is 76.0 Å². The van der Waals surface area contributed by atoms with E-state index in [-0.39, 0.29) is 41.8 Å². The number of ether oxygens (including phenoxy) is 9. The number of aromatic nitrogens is 2. The van der Waals surface area contributed by atoms with Gasteiger partial charge in [-0.2, -0.15) is 4.37 Å². The lowest BCUT2D eigenvalue weighted by Crippen LogP contribution is -2.52. The summed E-state index contributed by atoms with van der Waals surface area (Å²) >= 11 is 0.899. The number of unbranched alkanes of at least 4 members (excludes halogenated alkanes) is 1. The number of nitrogens with one attached hydrogen (secondary N) is 1. The quantitative estimate of drug-likeness (QED) is 0.0700. The van der Waals surface area contributed by atoms with Crippen LogP contribution in [0.4, 0.5) is 11.5 Å². The number of morpholine rings is 1. The zero-order valence-electron chi connectivity index (χ0n) is 39.8. The van der Waals surface area contributed by atoms with Crippen molar-refractivity contribution in [3.63, 3.8) is 0 Å². The Morgan fingerprint density at radius 2 is 1.54 bits per heavy atom. The molecule has 0 radical (unpaired) electrons. The minimum absolute atomic E-state index is 0.103. The van der Waals surface area contributed by atoms with Crippen LogP contribution in [0.3, 0.4) is 0 Å². The van der Waals surface area contributed by atoms with Crippen molar-refractivity contribution in [2.24, 2.45) is 5.14 Å². The Hall–Kier alpha value is -6.64. The number of para-hydroxylation sites is 1. The Morgan fingerprint density at radius 1 is 0.886 bits per heavy atom. The molecule has 0 spiro atoms. The van der Waals surface area contributed by atoms with E-state index in [1.807, 2.05) is 11.8 Å². The number of carbonyl (C=O) groups excluding carboxylic acids is 7. The number of carbonyl (C=O) groups is 7. The lowest BCUT2D eigenvalue weighted by atomic mass is 10.1. The smallest absolute Gasteiger partial charge is 0.347 e. The molecule has 2 heterocycles. The van der Waals surface area contributed by atoms with Crippen molar-refractivity contribution < 1.29 is 84.6 Å². The highest BCUT2D eigenvalue weighted by molar-refractivity contribution is 7.89. The van der Waals surface area contributed by atoms with Gasteiger partial charge in [0.2, 0.25) is 15.8 Å². The first kappa shape index (κ1) is 56.0. The van der Waals surface area contributed by atoms with E-state index in [0.717, 1.165) is 45.0 Å². The van der Waals surface area contributed by atoms with Crippen LogP contribution in [0, 0.1) is 0 Å². The van der Waals surface area contributed by atoms with Crippen LogP contribution in [0.25, 0.3) is 0 Å². The van der Waals surface area contributed by atoms with E-state index in [0.29, 0.717) is 45.1 Å². The summed E-state index contributed by atoms with van der Waals surface area (Å²) in [6, 6.07) is 10.5. The van der Waals surface area contributed by atoms with Crippen molar-refractivity contribution >= 4 is 75.0 Å². The van der Waals surface area contributed by atoms with E-state index in [2.05, 4.69) is 14.1 Å². The van der Waals surface area contributed by atoms with E-state index in [9.17, 15) is 42.0 Å². The van der Waals surface area contributed by atoms with Gasteiger partial charge in [-0.3, -0.25) is 9.59 Å². The van der Waals surface area contributed by atoms with E-state index in [1.54, 1.807) is 51.1 Å². The number of amides is 1. The summed E-state index contributed by atoms with van der Waals surface area (Å²) < 4.78 is 81.9. The summed E-state index contributed by atoms with van der Waals surface area (Å²) in [6.07, 6.45) is -3.00. The molecule has 1 saturated heterocycles. The predicted molar refractivity (Wildman–Crippen MR) is 246 cm³/mol. The highest BCUT2D eigenvalue weighted by Gasteiger charge is 2.33. The number of rotatable bonds is 25. The minimum Gasteiger partial charge on any atom is -0.470 e. The Kier molecular flexibility index (Phi) is 21.1. The average Bonchev–Trinajstić information content (AvgIpc) is 3.79. The summed E-state index contributed by atoms with van der Waals surface area (Å²) in [5.41, 5.74) is -1.07. The number of benzene rings is 2. The Balaban J connectivity index is 1.33. The van der Waals surface area contributed by atoms with Crippen molar-refractivity contribution in [1.82, 2.24) is 13.6 Å². The number of nitrogens with two attached hydrogens (primary N) is 1. The van der Waals surface area contributed by atoms with E-state index >= 15 is 0 Å². The van der Waals surface area contributed by atoms with Crippen LogP contribution < -0.4 is 24.8 Å². The van der Waals surface area contributed by atoms with Crippen LogP contribution in [0.15, 0.2) is 47.4 Å². The molecule has 0 saturated carbocycles. The number of hydrogen-bond donors (Lipinski definition) is 2. The summed E-state index contributed by atoms with van der Waals surface area (Å²) in [4.78, 5) is 91.9. The van der Waals surface area contributed by atoms with Crippen molar-refractivity contribution in [3.05, 3.63) is 48.0 Å². The molecule has 3 N–H and O–H groups in total. The molecule has 24 nitrogen and oxygen atoms in total. The van der Waals surface area contributed by atoms with Gasteiger partial charge in [0, 0.05) is 32.1 Å². The average molecular weight is 1020 g/mol. The highest BCUT2D eigenvalue weighted by Crippen LogP contribution is 2.37. The molecule has 0 bridgehead atoms. The second-order valence-corrected chi connectivity index (χ2v) is 18.4. The van der Waals surface area contributed by atoms with Crippen LogP contribution in [-0.2, 0) is 71.9 Å². The van der Waals surface area contributed by atoms with Gasteiger partial charge in [-0.05, 0) is 65.3 Å². The van der Waals surface area contributed by atoms with Crippen LogP contribution in [0.5, 0.6) is 17.4 Å². The molecule has 1 aliphatic heterocycles. The van der Waals surface area contributed by atoms with E-state index in [1.165, 1.54) is 11.0 Å². The van der Waals surface area contributed by atoms with Crippen molar-refractivity contribution in [3.8, 4) is 17.4 Å². The third-order valence-electron chi connectivity index (χ3n) is 9.68. The second-order valence-electron chi connectivity index (χ2n) is 16.4. The number of nitrogens with zero attached hydrogens (tertiary/aromatic N) is 4. The molecular formula is C44H58N6O18S2. The van der Waals surface area contributed by atoms with Gasteiger partial charge in [-0.15, -0.1) is 4.37 Å². The maximum Gasteiger partial charge on any atom is 0.347 e. The van der Waals surface area contributed by atoms with Gasteiger partial charge < -0.3 is 57.7 Å². The molecule has 2 unspecified atom stereocenters. The summed E-state index contributed by atoms with van der Waals surface area (Å²) in [5, 5.41) is 8.56. The second kappa shape index (κ2) is 26.4. The van der Waals surface area contributed by atoms with E-state index in [4.69, 9.17) is 47.8 Å². The van der Waals surface area contributed by atoms with Gasteiger partial charge in [0.15, 0.2) is 43.9 Å². The first-order chi connectivity index (χ1) is 33.1. The molecule has 0 aliphatic carbocycles. The lowest BCUT2D eigenvalue weighted by molar-refractivity contribution is -0.180. The molecule has 384 valence electrons. The molecule has 1 aromatic heterocycles. The Labute approximate surface area is 408 Å². The first-order valence-electron chi connectivity index (χ1n) is 21.9. The van der Waals surface area contributed by atoms with Crippen LogP contribution in [0.2, 0.25) is 0 Å². The van der Waals surface area contributed by atoms with Gasteiger partial charge >= 0.3 is 35.8 Å². The fourth-order valence-electron chi connectivity index (χ4n) is 6.17. The summed E-state index contributed by atoms with van der Waals surface area (Å²) in [5.74, 6) is -6.42. The largest absolute Gasteiger partial charge is 0.470 e. The van der Waals surface area contributed by atoms with Crippen LogP contribution in [-0.4, -0.2) is 153 Å². The minimum atomic E-state index is -4.48. The zero-order valence-corrected chi connectivity index (χ0v) is 41.4. The third-order valence-corrected chi connectivity index (χ3v) is 11.1. The van der Waals surface area contributed by atoms with Crippen molar-refractivity contribution in [1.29, 1.82) is 0 Å². The zero-order chi connectivity index (χ0) is 51.6. The molecule has 26 heteroatoms. The van der Waals surface area contributed by atoms with Gasteiger partial charge in [-0.1, -0.05) is 31.5 Å². The monoisotopic (exact) mass is 1020 g/mol. The number of primary sulfonamides is 1. The molecule has 4 rings (SSSR count). The van der Waals surface area contributed by atoms with Gasteiger partial charge in [0.1, 0.15) is 17.3 Å². The van der Waals surface area contributed by atoms with Crippen molar-refractivity contribution in [2.45, 2.75) is 90.1 Å². The summed E-state index contributed by atoms with van der Waals surface area (Å²) in [6.45, 7) is 9.62. The molecule has 3 aromatic rings. The summed E-state index contributed by atoms with van der Waals surface area (Å²) in [7, 11) is -4.48. The van der Waals surface area contributed by atoms with Gasteiger partial charge in [0.25, 0.3) is 11.8 Å². The highest BCUT2D eigenvalue weighted by atomic mass is 32.2. The molecule has 2 aromatic carbocycles. The van der Waals surface area contributed by atoms with Gasteiger partial charge in [-0.25, -0.2) is 37.5 Å². The fourth-order valence-corrected chi connectivity index (χ4v) is 7.39. The Bertz CT molecular complexity index is 2410. The molecule has 3 atom stereocenters. The number of hydrogen-bond acceptors (Lipinski definition) is 23. The topological polar surface area (TPSA) is 307 Å². The van der Waals surface area contributed by atoms with Gasteiger partial charge in [0.05, 0.1) is 42.7 Å². The van der Waals surface area contributed by atoms with Crippen LogP contribution >= 0.6 is 11.7 Å². The molecular weight excluding hydrogens is 965 g/mol. The molecule has 70 heavy (non-hydrogen) atoms.